The van der Waals surface area contributed by atoms with Crippen molar-refractivity contribution in [3.63, 3.8) is 0 Å². The Bertz CT molecular complexity index is 461. The average molecular weight is 388 g/mol. The Morgan fingerprint density at radius 2 is 1.81 bits per heavy atom. The van der Waals surface area contributed by atoms with Gasteiger partial charge in [0, 0.05) is 15.4 Å². The fraction of sp³-hybridized carbons (Fsp3) is 0.600. The van der Waals surface area contributed by atoms with E-state index < -0.39 is 12.1 Å². The molecule has 1 aromatic rings. The van der Waals surface area contributed by atoms with E-state index in [9.17, 15) is 17.6 Å². The van der Waals surface area contributed by atoms with Crippen molar-refractivity contribution < 1.29 is 17.6 Å². The topological polar surface area (TPSA) is 0 Å². The van der Waals surface area contributed by atoms with Crippen LogP contribution in [0, 0.1) is 17.7 Å². The second kappa shape index (κ2) is 6.86. The van der Waals surface area contributed by atoms with Crippen LogP contribution in [-0.4, -0.2) is 11.0 Å². The zero-order valence-electron chi connectivity index (χ0n) is 11.3. The molecule has 0 saturated heterocycles. The molecule has 0 heterocycles. The number of alkyl halides is 4. The molecule has 0 bridgehead atoms. The summed E-state index contributed by atoms with van der Waals surface area (Å²) in [5, 5.41) is 0.364. The maximum Gasteiger partial charge on any atom is 0.391 e. The van der Waals surface area contributed by atoms with Gasteiger partial charge in [0.25, 0.3) is 0 Å². The molecule has 1 aliphatic carbocycles. The van der Waals surface area contributed by atoms with Crippen molar-refractivity contribution in [3.05, 3.63) is 34.6 Å². The summed E-state index contributed by atoms with van der Waals surface area (Å²) >= 11 is 9.49. The minimum absolute atomic E-state index is 0.0546. The van der Waals surface area contributed by atoms with Crippen molar-refractivity contribution in [2.75, 3.05) is 0 Å². The molecule has 21 heavy (non-hydrogen) atoms. The van der Waals surface area contributed by atoms with Crippen molar-refractivity contribution in [1.82, 2.24) is 0 Å². The summed E-state index contributed by atoms with van der Waals surface area (Å²) in [6.45, 7) is 0. The van der Waals surface area contributed by atoms with Gasteiger partial charge in [0.05, 0.1) is 5.92 Å². The molecule has 1 fully saturated rings. The highest BCUT2D eigenvalue weighted by Gasteiger charge is 2.42. The summed E-state index contributed by atoms with van der Waals surface area (Å²) < 4.78 is 51.7. The van der Waals surface area contributed by atoms with Crippen LogP contribution in [0.4, 0.5) is 17.6 Å². The van der Waals surface area contributed by atoms with Gasteiger partial charge in [-0.25, -0.2) is 4.39 Å². The Balaban J connectivity index is 1.95. The maximum absolute atomic E-state index is 13.7. The summed E-state index contributed by atoms with van der Waals surface area (Å²) in [6.07, 6.45) is -2.38. The minimum atomic E-state index is -4.10. The lowest BCUT2D eigenvalue weighted by Gasteiger charge is -2.32. The molecule has 0 N–H and O–H groups in total. The lowest BCUT2D eigenvalue weighted by Crippen LogP contribution is -2.31. The van der Waals surface area contributed by atoms with Gasteiger partial charge in [0.15, 0.2) is 0 Å². The van der Waals surface area contributed by atoms with Crippen LogP contribution in [0.1, 0.15) is 31.2 Å². The summed E-state index contributed by atoms with van der Waals surface area (Å²) in [4.78, 5) is -0.0546. The normalized spacial score (nSPS) is 24.9. The largest absolute Gasteiger partial charge is 0.391 e. The highest BCUT2D eigenvalue weighted by molar-refractivity contribution is 9.09. The third-order valence-corrected chi connectivity index (χ3v) is 5.63. The van der Waals surface area contributed by atoms with Gasteiger partial charge in [-0.1, -0.05) is 33.6 Å². The number of rotatable bonds is 3. The van der Waals surface area contributed by atoms with E-state index in [2.05, 4.69) is 15.9 Å². The van der Waals surface area contributed by atoms with E-state index in [4.69, 9.17) is 11.6 Å². The standard InChI is InChI=1S/C15H16BrClF4/c16-12(8-11-13(17)2-1-3-14(11)18)9-4-6-10(7-5-9)15(19,20)21/h1-3,9-10,12H,4-8H2. The second-order valence-corrected chi connectivity index (χ2v) is 7.16. The summed E-state index contributed by atoms with van der Waals surface area (Å²) in [7, 11) is 0. The Labute approximate surface area is 135 Å². The monoisotopic (exact) mass is 386 g/mol. The molecular weight excluding hydrogens is 372 g/mol. The van der Waals surface area contributed by atoms with Crippen molar-refractivity contribution in [1.29, 1.82) is 0 Å². The molecular formula is C15H16BrClF4. The summed E-state index contributed by atoms with van der Waals surface area (Å²) in [6, 6.07) is 4.51. The van der Waals surface area contributed by atoms with Gasteiger partial charge in [-0.15, -0.1) is 0 Å². The van der Waals surface area contributed by atoms with Crippen molar-refractivity contribution in [2.45, 2.75) is 43.1 Å². The van der Waals surface area contributed by atoms with Gasteiger partial charge in [-0.3, -0.25) is 0 Å². The van der Waals surface area contributed by atoms with Gasteiger partial charge in [0.1, 0.15) is 5.82 Å². The SMILES string of the molecule is Fc1cccc(Cl)c1CC(Br)C1CCC(C(F)(F)F)CC1. The molecule has 0 amide bonds. The third kappa shape index (κ3) is 4.35. The van der Waals surface area contributed by atoms with E-state index >= 15 is 0 Å². The Hall–Kier alpha value is -0.290. The van der Waals surface area contributed by atoms with Crippen LogP contribution >= 0.6 is 27.5 Å². The zero-order chi connectivity index (χ0) is 15.6. The van der Waals surface area contributed by atoms with Gasteiger partial charge in [0.2, 0.25) is 0 Å². The van der Waals surface area contributed by atoms with E-state index in [1.807, 2.05) is 0 Å². The van der Waals surface area contributed by atoms with Crippen molar-refractivity contribution in [3.8, 4) is 0 Å². The Morgan fingerprint density at radius 3 is 2.33 bits per heavy atom. The van der Waals surface area contributed by atoms with Crippen LogP contribution in [0.3, 0.4) is 0 Å². The molecule has 2 rings (SSSR count). The smallest absolute Gasteiger partial charge is 0.207 e. The van der Waals surface area contributed by atoms with Crippen LogP contribution in [0.15, 0.2) is 18.2 Å². The zero-order valence-corrected chi connectivity index (χ0v) is 13.6. The molecule has 0 aliphatic heterocycles. The first-order valence-corrected chi connectivity index (χ1v) is 8.22. The minimum Gasteiger partial charge on any atom is -0.207 e. The van der Waals surface area contributed by atoms with Gasteiger partial charge in [-0.2, -0.15) is 13.2 Å². The average Bonchev–Trinajstić information content (AvgIpc) is 2.42. The van der Waals surface area contributed by atoms with E-state index in [1.165, 1.54) is 6.07 Å². The number of benzene rings is 1. The van der Waals surface area contributed by atoms with E-state index in [-0.39, 0.29) is 29.4 Å². The van der Waals surface area contributed by atoms with E-state index in [0.717, 1.165) is 0 Å². The first-order chi connectivity index (χ1) is 9.79. The number of hydrogen-bond donors (Lipinski definition) is 0. The summed E-state index contributed by atoms with van der Waals surface area (Å²) in [5.74, 6) is -1.43. The lowest BCUT2D eigenvalue weighted by molar-refractivity contribution is -0.183. The van der Waals surface area contributed by atoms with Crippen molar-refractivity contribution in [2.24, 2.45) is 11.8 Å². The number of halogens is 6. The van der Waals surface area contributed by atoms with Gasteiger partial charge < -0.3 is 0 Å². The molecule has 0 spiro atoms. The first kappa shape index (κ1) is 17.1. The highest BCUT2D eigenvalue weighted by Crippen LogP contribution is 2.42. The Morgan fingerprint density at radius 1 is 1.19 bits per heavy atom. The third-order valence-electron chi connectivity index (χ3n) is 4.21. The molecule has 1 saturated carbocycles. The van der Waals surface area contributed by atoms with Crippen LogP contribution in [0.5, 0.6) is 0 Å². The molecule has 1 aliphatic rings. The van der Waals surface area contributed by atoms with E-state index in [1.54, 1.807) is 12.1 Å². The van der Waals surface area contributed by atoms with Crippen LogP contribution in [0.2, 0.25) is 5.02 Å². The van der Waals surface area contributed by atoms with Gasteiger partial charge >= 0.3 is 6.18 Å². The molecule has 0 nitrogen and oxygen atoms in total. The van der Waals surface area contributed by atoms with Crippen LogP contribution in [0.25, 0.3) is 0 Å². The maximum atomic E-state index is 13.7. The molecule has 1 atom stereocenters. The summed E-state index contributed by atoms with van der Waals surface area (Å²) in [5.41, 5.74) is 0.430. The second-order valence-electron chi connectivity index (χ2n) is 5.57. The molecule has 1 aromatic carbocycles. The molecule has 0 radical (unpaired) electrons. The lowest BCUT2D eigenvalue weighted by atomic mass is 9.79. The highest BCUT2D eigenvalue weighted by atomic mass is 79.9. The fourth-order valence-corrected chi connectivity index (χ4v) is 3.99. The number of hydrogen-bond acceptors (Lipinski definition) is 0. The molecule has 0 aromatic heterocycles. The predicted octanol–water partition coefficient (Wildman–Crippen LogP) is 6.15. The van der Waals surface area contributed by atoms with Gasteiger partial charge in [-0.05, 0) is 50.2 Å². The van der Waals surface area contributed by atoms with Crippen molar-refractivity contribution >= 4 is 27.5 Å². The predicted molar refractivity (Wildman–Crippen MR) is 79.3 cm³/mol. The van der Waals surface area contributed by atoms with E-state index in [0.29, 0.717) is 29.8 Å². The van der Waals surface area contributed by atoms with Crippen LogP contribution < -0.4 is 0 Å². The fourth-order valence-electron chi connectivity index (χ4n) is 2.90. The Kier molecular flexibility index (Phi) is 5.58. The van der Waals surface area contributed by atoms with Crippen LogP contribution in [-0.2, 0) is 6.42 Å². The molecule has 118 valence electrons. The molecule has 1 unspecified atom stereocenters. The quantitative estimate of drug-likeness (QED) is 0.431. The first-order valence-electron chi connectivity index (χ1n) is 6.92. The molecule has 6 heteroatoms.